The number of hydrogen-bond acceptors (Lipinski definition) is 5. The summed E-state index contributed by atoms with van der Waals surface area (Å²) in [6, 6.07) is 5.69. The largest absolute Gasteiger partial charge is 0.493 e. The molecule has 0 bridgehead atoms. The van der Waals surface area contributed by atoms with Gasteiger partial charge in [0.2, 0.25) is 0 Å². The Hall–Kier alpha value is -1.59. The quantitative estimate of drug-likeness (QED) is 0.903. The average molecular weight is 265 g/mol. The highest BCUT2D eigenvalue weighted by Gasteiger charge is 2.14. The maximum absolute atomic E-state index is 9.09. The van der Waals surface area contributed by atoms with Crippen LogP contribution >= 0.6 is 11.3 Å². The molecular formula is C13H15NO3S. The summed E-state index contributed by atoms with van der Waals surface area (Å²) in [7, 11) is 1.61. The molecule has 4 nitrogen and oxygen atoms in total. The lowest BCUT2D eigenvalue weighted by Crippen LogP contribution is -1.97. The minimum Gasteiger partial charge on any atom is -0.493 e. The highest BCUT2D eigenvalue weighted by molar-refractivity contribution is 7.15. The number of benzene rings is 1. The van der Waals surface area contributed by atoms with E-state index in [9.17, 15) is 0 Å². The lowest BCUT2D eigenvalue weighted by Gasteiger charge is -2.12. The van der Waals surface area contributed by atoms with Crippen molar-refractivity contribution in [3.63, 3.8) is 0 Å². The summed E-state index contributed by atoms with van der Waals surface area (Å²) in [6.45, 7) is 2.49. The Kier molecular flexibility index (Phi) is 4.17. The van der Waals surface area contributed by atoms with Gasteiger partial charge in [0.1, 0.15) is 5.01 Å². The van der Waals surface area contributed by atoms with Gasteiger partial charge in [0.05, 0.1) is 30.8 Å². The Morgan fingerprint density at radius 1 is 1.39 bits per heavy atom. The van der Waals surface area contributed by atoms with E-state index in [1.54, 1.807) is 13.3 Å². The Balaban J connectivity index is 2.48. The third kappa shape index (κ3) is 2.47. The maximum atomic E-state index is 9.09. The van der Waals surface area contributed by atoms with Gasteiger partial charge in [-0.1, -0.05) is 6.07 Å². The minimum atomic E-state index is 0.00556. The zero-order valence-electron chi connectivity index (χ0n) is 10.3. The Labute approximate surface area is 110 Å². The smallest absolute Gasteiger partial charge is 0.171 e. The number of methoxy groups -OCH3 is 1. The van der Waals surface area contributed by atoms with E-state index in [2.05, 4.69) is 4.98 Å². The summed E-state index contributed by atoms with van der Waals surface area (Å²) in [5.74, 6) is 1.39. The topological polar surface area (TPSA) is 51.6 Å². The number of thiazole rings is 1. The molecule has 0 amide bonds. The number of aromatic nitrogens is 1. The Bertz CT molecular complexity index is 525. The van der Waals surface area contributed by atoms with Crippen LogP contribution in [0.5, 0.6) is 11.5 Å². The van der Waals surface area contributed by atoms with E-state index in [0.29, 0.717) is 18.1 Å². The first-order chi connectivity index (χ1) is 8.80. The van der Waals surface area contributed by atoms with E-state index < -0.39 is 0 Å². The van der Waals surface area contributed by atoms with Gasteiger partial charge in [-0.3, -0.25) is 0 Å². The molecule has 0 spiro atoms. The summed E-state index contributed by atoms with van der Waals surface area (Å²) in [5, 5.41) is 9.91. The van der Waals surface area contributed by atoms with Crippen LogP contribution in [0.3, 0.4) is 0 Å². The molecule has 0 radical (unpaired) electrons. The monoisotopic (exact) mass is 265 g/mol. The molecule has 1 heterocycles. The van der Waals surface area contributed by atoms with Crippen molar-refractivity contribution in [1.82, 2.24) is 4.98 Å². The Morgan fingerprint density at radius 2 is 2.22 bits per heavy atom. The van der Waals surface area contributed by atoms with E-state index >= 15 is 0 Å². The highest BCUT2D eigenvalue weighted by atomic mass is 32.1. The standard InChI is InChI=1S/C13H15NO3S/c1-3-17-12-10(5-4-6-11(12)16-2)13-14-7-9(8-15)18-13/h4-7,15H,3,8H2,1-2H3. The van der Waals surface area contributed by atoms with Crippen LogP contribution in [0.2, 0.25) is 0 Å². The van der Waals surface area contributed by atoms with Crippen LogP contribution in [0.25, 0.3) is 10.6 Å². The number of nitrogens with zero attached hydrogens (tertiary/aromatic N) is 1. The fourth-order valence-corrected chi connectivity index (χ4v) is 2.44. The molecule has 0 aliphatic rings. The maximum Gasteiger partial charge on any atom is 0.171 e. The SMILES string of the molecule is CCOc1c(OC)cccc1-c1ncc(CO)s1. The van der Waals surface area contributed by atoms with Gasteiger partial charge >= 0.3 is 0 Å². The fourth-order valence-electron chi connectivity index (χ4n) is 1.64. The average Bonchev–Trinajstić information content (AvgIpc) is 2.88. The van der Waals surface area contributed by atoms with Gasteiger partial charge < -0.3 is 14.6 Å². The fraction of sp³-hybridized carbons (Fsp3) is 0.308. The van der Waals surface area contributed by atoms with Gasteiger partial charge in [-0.15, -0.1) is 11.3 Å². The van der Waals surface area contributed by atoms with Crippen LogP contribution in [0, 0.1) is 0 Å². The normalized spacial score (nSPS) is 10.4. The van der Waals surface area contributed by atoms with Crippen LogP contribution < -0.4 is 9.47 Å². The van der Waals surface area contributed by atoms with E-state index in [1.165, 1.54) is 11.3 Å². The molecule has 0 atom stereocenters. The molecule has 0 unspecified atom stereocenters. The molecule has 0 saturated heterocycles. The minimum absolute atomic E-state index is 0.00556. The number of para-hydroxylation sites is 1. The molecule has 1 N–H and O–H groups in total. The summed E-state index contributed by atoms with van der Waals surface area (Å²) in [4.78, 5) is 5.13. The third-order valence-electron chi connectivity index (χ3n) is 2.43. The molecule has 96 valence electrons. The third-order valence-corrected chi connectivity index (χ3v) is 3.44. The van der Waals surface area contributed by atoms with Crippen molar-refractivity contribution in [3.8, 4) is 22.1 Å². The van der Waals surface area contributed by atoms with Crippen LogP contribution in [-0.4, -0.2) is 23.8 Å². The lowest BCUT2D eigenvalue weighted by atomic mass is 10.2. The van der Waals surface area contributed by atoms with Crippen molar-refractivity contribution in [2.45, 2.75) is 13.5 Å². The second-order valence-electron chi connectivity index (χ2n) is 3.56. The number of aliphatic hydroxyl groups excluding tert-OH is 1. The summed E-state index contributed by atoms with van der Waals surface area (Å²) in [6.07, 6.45) is 1.68. The van der Waals surface area contributed by atoms with Gasteiger partial charge in [0.25, 0.3) is 0 Å². The van der Waals surface area contributed by atoms with E-state index in [-0.39, 0.29) is 6.61 Å². The molecule has 0 aliphatic heterocycles. The lowest BCUT2D eigenvalue weighted by molar-refractivity contribution is 0.285. The van der Waals surface area contributed by atoms with Crippen LogP contribution in [-0.2, 0) is 6.61 Å². The van der Waals surface area contributed by atoms with Crippen LogP contribution in [0.4, 0.5) is 0 Å². The molecule has 1 aromatic heterocycles. The van der Waals surface area contributed by atoms with E-state index in [1.807, 2.05) is 25.1 Å². The molecule has 0 fully saturated rings. The first-order valence-electron chi connectivity index (χ1n) is 5.65. The first kappa shape index (κ1) is 12.9. The second-order valence-corrected chi connectivity index (χ2v) is 4.68. The molecule has 1 aromatic carbocycles. The van der Waals surface area contributed by atoms with Gasteiger partial charge in [-0.25, -0.2) is 4.98 Å². The zero-order chi connectivity index (χ0) is 13.0. The molecule has 2 rings (SSSR count). The zero-order valence-corrected chi connectivity index (χ0v) is 11.2. The second kappa shape index (κ2) is 5.84. The molecule has 2 aromatic rings. The van der Waals surface area contributed by atoms with Gasteiger partial charge in [0.15, 0.2) is 11.5 Å². The number of hydrogen-bond donors (Lipinski definition) is 1. The van der Waals surface area contributed by atoms with Crippen molar-refractivity contribution < 1.29 is 14.6 Å². The van der Waals surface area contributed by atoms with Crippen LogP contribution in [0.15, 0.2) is 24.4 Å². The van der Waals surface area contributed by atoms with Crippen LogP contribution in [0.1, 0.15) is 11.8 Å². The number of ether oxygens (including phenoxy) is 2. The van der Waals surface area contributed by atoms with Crippen molar-refractivity contribution >= 4 is 11.3 Å². The number of rotatable bonds is 5. The highest BCUT2D eigenvalue weighted by Crippen LogP contribution is 2.39. The summed E-state index contributed by atoms with van der Waals surface area (Å²) < 4.78 is 10.9. The van der Waals surface area contributed by atoms with Crippen molar-refractivity contribution in [3.05, 3.63) is 29.3 Å². The van der Waals surface area contributed by atoms with E-state index in [0.717, 1.165) is 15.4 Å². The van der Waals surface area contributed by atoms with E-state index in [4.69, 9.17) is 14.6 Å². The molecule has 0 saturated carbocycles. The van der Waals surface area contributed by atoms with Crippen molar-refractivity contribution in [2.75, 3.05) is 13.7 Å². The molecule has 0 aliphatic carbocycles. The Morgan fingerprint density at radius 3 is 2.83 bits per heavy atom. The predicted octanol–water partition coefficient (Wildman–Crippen LogP) is 2.71. The van der Waals surface area contributed by atoms with Gasteiger partial charge in [0, 0.05) is 6.20 Å². The number of aliphatic hydroxyl groups is 1. The van der Waals surface area contributed by atoms with Crippen molar-refractivity contribution in [2.24, 2.45) is 0 Å². The summed E-state index contributed by atoms with van der Waals surface area (Å²) >= 11 is 1.45. The van der Waals surface area contributed by atoms with Gasteiger partial charge in [-0.05, 0) is 19.1 Å². The van der Waals surface area contributed by atoms with Crippen molar-refractivity contribution in [1.29, 1.82) is 0 Å². The predicted molar refractivity (Wildman–Crippen MR) is 71.2 cm³/mol. The van der Waals surface area contributed by atoms with Gasteiger partial charge in [-0.2, -0.15) is 0 Å². The molecular weight excluding hydrogens is 250 g/mol. The summed E-state index contributed by atoms with van der Waals surface area (Å²) in [5.41, 5.74) is 0.890. The first-order valence-corrected chi connectivity index (χ1v) is 6.47. The molecule has 18 heavy (non-hydrogen) atoms. The molecule has 5 heteroatoms.